The maximum atomic E-state index is 10.8. The number of nitriles is 1. The van der Waals surface area contributed by atoms with E-state index in [4.69, 9.17) is 4.74 Å². The summed E-state index contributed by atoms with van der Waals surface area (Å²) in [5, 5.41) is 31.0. The molecule has 0 fully saturated rings. The largest absolute Gasteiger partial charge is 0.489 e. The highest BCUT2D eigenvalue weighted by atomic mass is 16.6. The second kappa shape index (κ2) is 9.12. The molecule has 148 valence electrons. The number of nitro benzene ring substituents is 2. The third kappa shape index (κ3) is 5.05. The minimum atomic E-state index is -0.494. The first-order valence-electron chi connectivity index (χ1n) is 8.79. The molecular weight excluding hydrogens is 386 g/mol. The molecule has 0 saturated heterocycles. The van der Waals surface area contributed by atoms with E-state index < -0.39 is 9.85 Å². The zero-order valence-corrected chi connectivity index (χ0v) is 15.6. The molecule has 30 heavy (non-hydrogen) atoms. The molecule has 0 N–H and O–H groups in total. The smallest absolute Gasteiger partial charge is 0.269 e. The lowest BCUT2D eigenvalue weighted by Crippen LogP contribution is -1.96. The molecule has 3 aromatic carbocycles. The minimum absolute atomic E-state index is 0.00635. The summed E-state index contributed by atoms with van der Waals surface area (Å²) in [6.45, 7) is 0.184. The molecule has 0 aliphatic carbocycles. The fourth-order valence-electron chi connectivity index (χ4n) is 2.70. The lowest BCUT2D eigenvalue weighted by Gasteiger charge is -2.07. The molecule has 8 heteroatoms. The van der Waals surface area contributed by atoms with Gasteiger partial charge in [-0.2, -0.15) is 5.26 Å². The van der Waals surface area contributed by atoms with Crippen LogP contribution in [0.3, 0.4) is 0 Å². The van der Waals surface area contributed by atoms with Crippen LogP contribution in [-0.4, -0.2) is 9.85 Å². The Balaban J connectivity index is 1.70. The van der Waals surface area contributed by atoms with Crippen molar-refractivity contribution in [2.45, 2.75) is 6.61 Å². The summed E-state index contributed by atoms with van der Waals surface area (Å²) in [7, 11) is 0. The van der Waals surface area contributed by atoms with E-state index in [0.717, 1.165) is 5.56 Å². The Bertz CT molecular complexity index is 1150. The van der Waals surface area contributed by atoms with Crippen LogP contribution in [0.4, 0.5) is 11.4 Å². The van der Waals surface area contributed by atoms with Gasteiger partial charge in [0.15, 0.2) is 0 Å². The maximum absolute atomic E-state index is 10.8. The predicted octanol–water partition coefficient (Wildman–Crippen LogP) is 5.15. The first-order chi connectivity index (χ1) is 14.5. The van der Waals surface area contributed by atoms with Crippen LogP contribution in [0.15, 0.2) is 72.8 Å². The SMILES string of the molecule is N#C/C(=C/c1ccc(OCc2cccc([N+](=O)[O-])c2)cc1)c1ccc([N+](=O)[O-])cc1. The number of rotatable bonds is 7. The molecule has 8 nitrogen and oxygen atoms in total. The molecule has 0 radical (unpaired) electrons. The zero-order valence-electron chi connectivity index (χ0n) is 15.6. The monoisotopic (exact) mass is 401 g/mol. The van der Waals surface area contributed by atoms with E-state index in [1.54, 1.807) is 42.5 Å². The van der Waals surface area contributed by atoms with Gasteiger partial charge in [-0.3, -0.25) is 20.2 Å². The van der Waals surface area contributed by atoms with Crippen molar-refractivity contribution >= 4 is 23.0 Å². The van der Waals surface area contributed by atoms with Gasteiger partial charge in [0.05, 0.1) is 21.5 Å². The third-order valence-electron chi connectivity index (χ3n) is 4.23. The van der Waals surface area contributed by atoms with Gasteiger partial charge in [-0.05, 0) is 47.0 Å². The molecule has 0 bridgehead atoms. The predicted molar refractivity (Wildman–Crippen MR) is 110 cm³/mol. The van der Waals surface area contributed by atoms with Gasteiger partial charge in [-0.25, -0.2) is 0 Å². The van der Waals surface area contributed by atoms with Crippen LogP contribution in [0.2, 0.25) is 0 Å². The van der Waals surface area contributed by atoms with Gasteiger partial charge in [0.1, 0.15) is 12.4 Å². The fraction of sp³-hybridized carbons (Fsp3) is 0.0455. The summed E-state index contributed by atoms with van der Waals surface area (Å²) in [5.41, 5.74) is 2.35. The zero-order chi connectivity index (χ0) is 21.5. The number of non-ortho nitro benzene ring substituents is 2. The molecule has 0 heterocycles. The maximum Gasteiger partial charge on any atom is 0.269 e. The molecule has 3 aromatic rings. The van der Waals surface area contributed by atoms with Gasteiger partial charge in [0.25, 0.3) is 11.4 Å². The van der Waals surface area contributed by atoms with E-state index >= 15 is 0 Å². The lowest BCUT2D eigenvalue weighted by atomic mass is 10.0. The summed E-state index contributed by atoms with van der Waals surface area (Å²) in [6, 6.07) is 21.1. The van der Waals surface area contributed by atoms with Crippen molar-refractivity contribution in [2.75, 3.05) is 0 Å². The molecule has 3 rings (SSSR count). The fourth-order valence-corrected chi connectivity index (χ4v) is 2.70. The van der Waals surface area contributed by atoms with E-state index in [0.29, 0.717) is 22.4 Å². The standard InChI is InChI=1S/C22H15N3O5/c23-14-19(18-6-8-20(9-7-18)24(26)27)12-16-4-10-22(11-5-16)30-15-17-2-1-3-21(13-17)25(28)29/h1-13H,15H2/b19-12-. The Morgan fingerprint density at radius 2 is 1.60 bits per heavy atom. The number of benzene rings is 3. The van der Waals surface area contributed by atoms with Crippen LogP contribution in [0.25, 0.3) is 11.6 Å². The van der Waals surface area contributed by atoms with Crippen molar-refractivity contribution in [1.29, 1.82) is 5.26 Å². The molecule has 0 aromatic heterocycles. The van der Waals surface area contributed by atoms with E-state index in [2.05, 4.69) is 6.07 Å². The first-order valence-corrected chi connectivity index (χ1v) is 8.79. The van der Waals surface area contributed by atoms with Crippen molar-refractivity contribution in [1.82, 2.24) is 0 Å². The topological polar surface area (TPSA) is 119 Å². The Morgan fingerprint density at radius 1 is 0.933 bits per heavy atom. The number of allylic oxidation sites excluding steroid dienone is 1. The lowest BCUT2D eigenvalue weighted by molar-refractivity contribution is -0.385. The van der Waals surface area contributed by atoms with E-state index in [1.807, 2.05) is 0 Å². The van der Waals surface area contributed by atoms with E-state index in [9.17, 15) is 25.5 Å². The molecule has 0 saturated carbocycles. The molecule has 0 aliphatic heterocycles. The van der Waals surface area contributed by atoms with Crippen LogP contribution >= 0.6 is 0 Å². The summed E-state index contributed by atoms with van der Waals surface area (Å²) < 4.78 is 5.66. The van der Waals surface area contributed by atoms with Gasteiger partial charge in [0.2, 0.25) is 0 Å². The van der Waals surface area contributed by atoms with Crippen molar-refractivity contribution in [3.63, 3.8) is 0 Å². The van der Waals surface area contributed by atoms with Crippen LogP contribution in [0, 0.1) is 31.6 Å². The normalized spacial score (nSPS) is 10.8. The number of nitro groups is 2. The van der Waals surface area contributed by atoms with Crippen LogP contribution in [0.5, 0.6) is 5.75 Å². The van der Waals surface area contributed by atoms with Crippen LogP contribution < -0.4 is 4.74 Å². The van der Waals surface area contributed by atoms with Crippen molar-refractivity contribution in [2.24, 2.45) is 0 Å². The summed E-state index contributed by atoms with van der Waals surface area (Å²) in [6.07, 6.45) is 1.67. The van der Waals surface area contributed by atoms with Gasteiger partial charge in [-0.1, -0.05) is 24.3 Å². The van der Waals surface area contributed by atoms with E-state index in [-0.39, 0.29) is 18.0 Å². The second-order valence-electron chi connectivity index (χ2n) is 6.26. The quantitative estimate of drug-likeness (QED) is 0.234. The average Bonchev–Trinajstić information content (AvgIpc) is 2.77. The van der Waals surface area contributed by atoms with Crippen LogP contribution in [-0.2, 0) is 6.61 Å². The molecule has 0 spiro atoms. The average molecular weight is 401 g/mol. The summed E-state index contributed by atoms with van der Waals surface area (Å²) >= 11 is 0. The van der Waals surface area contributed by atoms with Crippen LogP contribution in [0.1, 0.15) is 16.7 Å². The van der Waals surface area contributed by atoms with Gasteiger partial charge in [0, 0.05) is 24.3 Å². The summed E-state index contributed by atoms with van der Waals surface area (Å²) in [5.74, 6) is 0.576. The van der Waals surface area contributed by atoms with Gasteiger partial charge in [-0.15, -0.1) is 0 Å². The number of ether oxygens (including phenoxy) is 1. The van der Waals surface area contributed by atoms with Gasteiger partial charge >= 0.3 is 0 Å². The minimum Gasteiger partial charge on any atom is -0.489 e. The second-order valence-corrected chi connectivity index (χ2v) is 6.26. The third-order valence-corrected chi connectivity index (χ3v) is 4.23. The molecule has 0 unspecified atom stereocenters. The Morgan fingerprint density at radius 3 is 2.20 bits per heavy atom. The Labute approximate surface area is 171 Å². The Hall–Kier alpha value is -4.51. The van der Waals surface area contributed by atoms with Crippen molar-refractivity contribution < 1.29 is 14.6 Å². The molecular formula is C22H15N3O5. The molecule has 0 amide bonds. The molecule has 0 atom stereocenters. The number of hydrogen-bond acceptors (Lipinski definition) is 6. The Kier molecular flexibility index (Phi) is 6.15. The molecule has 0 aliphatic rings. The van der Waals surface area contributed by atoms with Crippen molar-refractivity contribution in [3.05, 3.63) is 110 Å². The summed E-state index contributed by atoms with van der Waals surface area (Å²) in [4.78, 5) is 20.6. The number of nitrogens with zero attached hydrogens (tertiary/aromatic N) is 3. The van der Waals surface area contributed by atoms with E-state index in [1.165, 1.54) is 36.4 Å². The highest BCUT2D eigenvalue weighted by Gasteiger charge is 2.08. The highest BCUT2D eigenvalue weighted by molar-refractivity contribution is 5.89. The van der Waals surface area contributed by atoms with Gasteiger partial charge < -0.3 is 4.74 Å². The number of hydrogen-bond donors (Lipinski definition) is 0. The van der Waals surface area contributed by atoms with Crippen molar-refractivity contribution in [3.8, 4) is 11.8 Å². The first kappa shape index (κ1) is 20.2. The highest BCUT2D eigenvalue weighted by Crippen LogP contribution is 2.22.